The molecule has 0 aliphatic carbocycles. The number of rotatable bonds is 4. The van der Waals surface area contributed by atoms with Gasteiger partial charge in [0.25, 0.3) is 0 Å². The van der Waals surface area contributed by atoms with Crippen LogP contribution in [0, 0.1) is 13.8 Å². The quantitative estimate of drug-likeness (QED) is 0.738. The zero-order valence-corrected chi connectivity index (χ0v) is 17.7. The van der Waals surface area contributed by atoms with Gasteiger partial charge in [-0.15, -0.1) is 0 Å². The predicted molar refractivity (Wildman–Crippen MR) is 116 cm³/mol. The minimum atomic E-state index is 0.194. The van der Waals surface area contributed by atoms with Crippen molar-refractivity contribution in [2.24, 2.45) is 0 Å². The van der Waals surface area contributed by atoms with Crippen LogP contribution in [0.1, 0.15) is 42.5 Å². The number of nitrogens with zero attached hydrogens (tertiary/aromatic N) is 4. The van der Waals surface area contributed by atoms with Crippen LogP contribution in [0.5, 0.6) is 0 Å². The number of anilines is 1. The van der Waals surface area contributed by atoms with Crippen LogP contribution in [0.4, 0.5) is 5.82 Å². The standard InChI is InChI=1S/C23H29N5O/c1-15(2)23-24-16(3)13-21(26-23)27-9-11-28(12-10-27)22(29)14-19-17(4)25-20-8-6-5-7-18(19)20/h5-8,13,15,25H,9-12,14H2,1-4H3. The Hall–Kier alpha value is -2.89. The molecule has 152 valence electrons. The molecule has 1 amide bonds. The number of piperazine rings is 1. The fraction of sp³-hybridized carbons (Fsp3) is 0.435. The summed E-state index contributed by atoms with van der Waals surface area (Å²) in [7, 11) is 0. The molecule has 6 heteroatoms. The molecule has 6 nitrogen and oxygen atoms in total. The van der Waals surface area contributed by atoms with Gasteiger partial charge in [-0.05, 0) is 25.5 Å². The highest BCUT2D eigenvalue weighted by Crippen LogP contribution is 2.24. The van der Waals surface area contributed by atoms with E-state index in [1.165, 1.54) is 0 Å². The maximum absolute atomic E-state index is 13.0. The van der Waals surface area contributed by atoms with Gasteiger partial charge in [-0.25, -0.2) is 9.97 Å². The fourth-order valence-corrected chi connectivity index (χ4v) is 4.01. The third-order valence-corrected chi connectivity index (χ3v) is 5.69. The first-order valence-electron chi connectivity index (χ1n) is 10.4. The first-order valence-corrected chi connectivity index (χ1v) is 10.4. The topological polar surface area (TPSA) is 65.1 Å². The first-order chi connectivity index (χ1) is 13.9. The Bertz CT molecular complexity index is 1030. The van der Waals surface area contributed by atoms with Crippen molar-refractivity contribution in [2.45, 2.75) is 40.0 Å². The number of aromatic amines is 1. The van der Waals surface area contributed by atoms with Crippen LogP contribution in [0.3, 0.4) is 0 Å². The summed E-state index contributed by atoms with van der Waals surface area (Å²) >= 11 is 0. The van der Waals surface area contributed by atoms with Crippen LogP contribution in [-0.4, -0.2) is 51.9 Å². The molecule has 1 saturated heterocycles. The smallest absolute Gasteiger partial charge is 0.227 e. The summed E-state index contributed by atoms with van der Waals surface area (Å²) in [6.45, 7) is 11.3. The van der Waals surface area contributed by atoms with E-state index in [0.717, 1.165) is 65.7 Å². The van der Waals surface area contributed by atoms with E-state index >= 15 is 0 Å². The molecule has 0 atom stereocenters. The summed E-state index contributed by atoms with van der Waals surface area (Å²) in [5.41, 5.74) is 4.28. The lowest BCUT2D eigenvalue weighted by Gasteiger charge is -2.35. The monoisotopic (exact) mass is 391 g/mol. The number of aromatic nitrogens is 3. The average Bonchev–Trinajstić information content (AvgIpc) is 3.03. The molecule has 0 spiro atoms. The Kier molecular flexibility index (Phi) is 5.26. The number of amides is 1. The second-order valence-electron chi connectivity index (χ2n) is 8.20. The third-order valence-electron chi connectivity index (χ3n) is 5.69. The highest BCUT2D eigenvalue weighted by molar-refractivity contribution is 5.90. The Morgan fingerprint density at radius 1 is 1.10 bits per heavy atom. The van der Waals surface area contributed by atoms with Crippen LogP contribution in [0.15, 0.2) is 30.3 Å². The van der Waals surface area contributed by atoms with Crippen LogP contribution in [-0.2, 0) is 11.2 Å². The second kappa shape index (κ2) is 7.85. The third kappa shape index (κ3) is 3.97. The van der Waals surface area contributed by atoms with Crippen molar-refractivity contribution in [3.63, 3.8) is 0 Å². The lowest BCUT2D eigenvalue weighted by Crippen LogP contribution is -2.49. The van der Waals surface area contributed by atoms with Gasteiger partial charge in [0, 0.05) is 60.5 Å². The molecule has 1 aromatic carbocycles. The minimum Gasteiger partial charge on any atom is -0.358 e. The molecule has 29 heavy (non-hydrogen) atoms. The van der Waals surface area contributed by atoms with Crippen molar-refractivity contribution in [3.05, 3.63) is 53.1 Å². The molecular weight excluding hydrogens is 362 g/mol. The number of hydrogen-bond donors (Lipinski definition) is 1. The Morgan fingerprint density at radius 2 is 1.83 bits per heavy atom. The van der Waals surface area contributed by atoms with E-state index in [-0.39, 0.29) is 5.91 Å². The normalized spacial score (nSPS) is 14.8. The number of benzene rings is 1. The van der Waals surface area contributed by atoms with Crippen LogP contribution in [0.25, 0.3) is 10.9 Å². The van der Waals surface area contributed by atoms with Crippen molar-refractivity contribution < 1.29 is 4.79 Å². The van der Waals surface area contributed by atoms with Crippen LogP contribution >= 0.6 is 0 Å². The summed E-state index contributed by atoms with van der Waals surface area (Å²) in [4.78, 5) is 29.9. The van der Waals surface area contributed by atoms with Gasteiger partial charge in [-0.3, -0.25) is 4.79 Å². The van der Waals surface area contributed by atoms with E-state index < -0.39 is 0 Å². The van der Waals surface area contributed by atoms with Gasteiger partial charge in [0.2, 0.25) is 5.91 Å². The van der Waals surface area contributed by atoms with Crippen molar-refractivity contribution in [3.8, 4) is 0 Å². The van der Waals surface area contributed by atoms with E-state index in [2.05, 4.69) is 40.8 Å². The van der Waals surface area contributed by atoms with E-state index in [9.17, 15) is 4.79 Å². The first kappa shape index (κ1) is 19.4. The molecule has 0 radical (unpaired) electrons. The summed E-state index contributed by atoms with van der Waals surface area (Å²) < 4.78 is 0. The fourth-order valence-electron chi connectivity index (χ4n) is 4.01. The maximum Gasteiger partial charge on any atom is 0.227 e. The highest BCUT2D eigenvalue weighted by Gasteiger charge is 2.24. The van der Waals surface area contributed by atoms with Crippen molar-refractivity contribution >= 4 is 22.6 Å². The van der Waals surface area contributed by atoms with Gasteiger partial charge in [0.05, 0.1) is 6.42 Å². The maximum atomic E-state index is 13.0. The number of aryl methyl sites for hydroxylation is 2. The van der Waals surface area contributed by atoms with E-state index in [0.29, 0.717) is 12.3 Å². The largest absolute Gasteiger partial charge is 0.358 e. The molecule has 3 heterocycles. The highest BCUT2D eigenvalue weighted by atomic mass is 16.2. The Morgan fingerprint density at radius 3 is 2.55 bits per heavy atom. The number of hydrogen-bond acceptors (Lipinski definition) is 4. The zero-order valence-electron chi connectivity index (χ0n) is 17.7. The van der Waals surface area contributed by atoms with Gasteiger partial charge < -0.3 is 14.8 Å². The molecule has 1 aliphatic rings. The van der Waals surface area contributed by atoms with Gasteiger partial charge in [0.15, 0.2) is 0 Å². The van der Waals surface area contributed by atoms with Gasteiger partial charge in [-0.1, -0.05) is 32.0 Å². The molecule has 4 rings (SSSR count). The molecule has 1 N–H and O–H groups in total. The average molecular weight is 392 g/mol. The molecule has 1 fully saturated rings. The van der Waals surface area contributed by atoms with Crippen LogP contribution < -0.4 is 4.90 Å². The van der Waals surface area contributed by atoms with E-state index in [4.69, 9.17) is 4.98 Å². The molecular formula is C23H29N5O. The van der Waals surface area contributed by atoms with Crippen molar-refractivity contribution in [1.82, 2.24) is 19.9 Å². The van der Waals surface area contributed by atoms with Crippen molar-refractivity contribution in [2.75, 3.05) is 31.1 Å². The summed E-state index contributed by atoms with van der Waals surface area (Å²) in [5, 5.41) is 1.15. The number of fused-ring (bicyclic) bond motifs is 1. The summed E-state index contributed by atoms with van der Waals surface area (Å²) in [6.07, 6.45) is 0.444. The lowest BCUT2D eigenvalue weighted by molar-refractivity contribution is -0.130. The number of carbonyl (C=O) groups is 1. The molecule has 0 bridgehead atoms. The molecule has 0 saturated carbocycles. The number of nitrogens with one attached hydrogen (secondary N) is 1. The second-order valence-corrected chi connectivity index (χ2v) is 8.20. The predicted octanol–water partition coefficient (Wildman–Crippen LogP) is 3.59. The van der Waals surface area contributed by atoms with E-state index in [1.807, 2.05) is 36.9 Å². The minimum absolute atomic E-state index is 0.194. The van der Waals surface area contributed by atoms with Crippen molar-refractivity contribution in [1.29, 1.82) is 0 Å². The van der Waals surface area contributed by atoms with Gasteiger partial charge in [-0.2, -0.15) is 0 Å². The number of carbonyl (C=O) groups excluding carboxylic acids is 1. The number of para-hydroxylation sites is 1. The summed E-state index contributed by atoms with van der Waals surface area (Å²) in [6, 6.07) is 10.2. The Labute approximate surface area is 172 Å². The SMILES string of the molecule is Cc1cc(N2CCN(C(=O)Cc3c(C)[nH]c4ccccc34)CC2)nc(C(C)C)n1. The van der Waals surface area contributed by atoms with Gasteiger partial charge >= 0.3 is 0 Å². The lowest BCUT2D eigenvalue weighted by atomic mass is 10.1. The van der Waals surface area contributed by atoms with Gasteiger partial charge in [0.1, 0.15) is 11.6 Å². The zero-order chi connectivity index (χ0) is 20.5. The summed E-state index contributed by atoms with van der Waals surface area (Å²) in [5.74, 6) is 2.35. The molecule has 1 aliphatic heterocycles. The van der Waals surface area contributed by atoms with E-state index in [1.54, 1.807) is 0 Å². The molecule has 0 unspecified atom stereocenters. The van der Waals surface area contributed by atoms with Crippen LogP contribution in [0.2, 0.25) is 0 Å². The molecule has 2 aromatic heterocycles. The Balaban J connectivity index is 1.43. The molecule has 3 aromatic rings. The number of H-pyrrole nitrogens is 1.